The summed E-state index contributed by atoms with van der Waals surface area (Å²) in [6.45, 7) is 0. The first kappa shape index (κ1) is 17.6. The van der Waals surface area contributed by atoms with Gasteiger partial charge in [0.2, 0.25) is 0 Å². The van der Waals surface area contributed by atoms with Crippen LogP contribution in [0.4, 0.5) is 0 Å². The third-order valence-corrected chi connectivity index (χ3v) is 0. The Balaban J connectivity index is -0.0000000133. The molecule has 0 bridgehead atoms. The maximum absolute atomic E-state index is 7.75. The van der Waals surface area contributed by atoms with E-state index in [0.29, 0.717) is 0 Å². The van der Waals surface area contributed by atoms with E-state index >= 15 is 0 Å². The first-order chi connectivity index (χ1) is 2.00. The predicted octanol–water partition coefficient (Wildman–Crippen LogP) is -1.12. The van der Waals surface area contributed by atoms with Crippen molar-refractivity contribution in [2.24, 2.45) is 11.8 Å². The number of hydrogen-bond acceptors (Lipinski definition) is 4. The van der Waals surface area contributed by atoms with Crippen molar-refractivity contribution in [3.63, 3.8) is 0 Å². The van der Waals surface area contributed by atoms with Crippen LogP contribution in [-0.4, -0.2) is 0 Å². The van der Waals surface area contributed by atoms with E-state index in [2.05, 4.69) is 11.8 Å². The molecule has 0 atom stereocenters. The molecule has 0 saturated carbocycles. The van der Waals surface area contributed by atoms with Crippen LogP contribution in [0.25, 0.3) is 0 Å². The Morgan fingerprint density at radius 3 is 0.800 bits per heavy atom. The summed E-state index contributed by atoms with van der Waals surface area (Å²) in [5, 5.41) is 15.5. The average molecular weight is 172 g/mol. The van der Waals surface area contributed by atoms with Crippen molar-refractivity contribution in [3.8, 4) is 0 Å². The molecular formula is H4AgN2O2. The summed E-state index contributed by atoms with van der Waals surface area (Å²) in [4.78, 5) is 0. The van der Waals surface area contributed by atoms with E-state index in [-0.39, 0.29) is 22.4 Å². The topological polar surface area (TPSA) is 98.2 Å². The molecule has 0 aliphatic heterocycles. The van der Waals surface area contributed by atoms with E-state index in [9.17, 15) is 0 Å². The Kier molecular flexibility index (Phi) is 613. The molecule has 4 nitrogen and oxygen atoms in total. The van der Waals surface area contributed by atoms with Crippen molar-refractivity contribution in [3.05, 3.63) is 10.4 Å². The summed E-state index contributed by atoms with van der Waals surface area (Å²) in [5.74, 6) is 6.50. The molecule has 0 spiro atoms. The Labute approximate surface area is 45.2 Å². The summed E-state index contributed by atoms with van der Waals surface area (Å²) in [7, 11) is 0. The number of hydrogen-bond donors (Lipinski definition) is 2. The molecule has 5 heavy (non-hydrogen) atoms. The molecule has 0 amide bonds. The van der Waals surface area contributed by atoms with Gasteiger partial charge in [0.15, 0.2) is 0 Å². The van der Waals surface area contributed by atoms with Crippen molar-refractivity contribution in [1.29, 1.82) is 0 Å². The van der Waals surface area contributed by atoms with Gasteiger partial charge >= 0.3 is 22.4 Å². The van der Waals surface area contributed by atoms with Gasteiger partial charge in [-0.2, -0.15) is 0 Å². The Morgan fingerprint density at radius 2 is 0.800 bits per heavy atom. The molecule has 0 unspecified atom stereocenters. The third-order valence-electron chi connectivity index (χ3n) is 0. The van der Waals surface area contributed by atoms with E-state index in [1.54, 1.807) is 0 Å². The smallest absolute Gasteiger partial charge is 0.790 e. The molecule has 1 radical (unpaired) electrons. The normalized spacial score (nSPS) is 2.40. The zero-order valence-electron chi connectivity index (χ0n) is 2.27. The molecule has 0 saturated heterocycles. The number of nitrogens with two attached hydrogens (primary N) is 2. The van der Waals surface area contributed by atoms with Crippen molar-refractivity contribution in [2.45, 2.75) is 0 Å². The van der Waals surface area contributed by atoms with Gasteiger partial charge in [-0.1, -0.05) is 0 Å². The fourth-order valence-electron chi connectivity index (χ4n) is 0. The van der Waals surface area contributed by atoms with Crippen molar-refractivity contribution >= 4 is 0 Å². The van der Waals surface area contributed by atoms with E-state index in [1.807, 2.05) is 0 Å². The molecule has 0 fully saturated rings. The predicted molar refractivity (Wildman–Crippen MR) is 15.1 cm³/mol. The van der Waals surface area contributed by atoms with E-state index in [0.717, 1.165) is 0 Å². The van der Waals surface area contributed by atoms with Crippen LogP contribution in [0.1, 0.15) is 0 Å². The van der Waals surface area contributed by atoms with Gasteiger partial charge in [0, 0.05) is 0 Å². The second-order valence-corrected chi connectivity index (χ2v) is 0. The molecule has 5 heteroatoms. The molecular weight excluding hydrogens is 168 g/mol. The van der Waals surface area contributed by atoms with Crippen LogP contribution in [0.15, 0.2) is 0 Å². The van der Waals surface area contributed by atoms with Crippen LogP contribution in [-0.2, 0) is 22.4 Å². The summed E-state index contributed by atoms with van der Waals surface area (Å²) in [6, 6.07) is 0. The third kappa shape index (κ3) is 90.6. The summed E-state index contributed by atoms with van der Waals surface area (Å²) >= 11 is 0. The summed E-state index contributed by atoms with van der Waals surface area (Å²) in [6.07, 6.45) is 0. The van der Waals surface area contributed by atoms with Crippen molar-refractivity contribution in [2.75, 3.05) is 0 Å². The van der Waals surface area contributed by atoms with Crippen LogP contribution >= 0.6 is 0 Å². The maximum atomic E-state index is 7.75. The van der Waals surface area contributed by atoms with Crippen LogP contribution < -0.4 is 11.8 Å². The zero-order chi connectivity index (χ0) is 4.00. The Bertz CT molecular complexity index is 7.61. The van der Waals surface area contributed by atoms with Gasteiger partial charge in [0.1, 0.15) is 0 Å². The minimum Gasteiger partial charge on any atom is -0.790 e. The molecule has 0 aliphatic rings. The fourth-order valence-corrected chi connectivity index (χ4v) is 0. The molecule has 4 N–H and O–H groups in total. The van der Waals surface area contributed by atoms with Gasteiger partial charge < -0.3 is 22.2 Å². The minimum absolute atomic E-state index is 0. The van der Waals surface area contributed by atoms with Gasteiger partial charge in [0.25, 0.3) is 0 Å². The van der Waals surface area contributed by atoms with Gasteiger partial charge in [-0.15, -0.1) is 0 Å². The van der Waals surface area contributed by atoms with Crippen LogP contribution in [0.3, 0.4) is 0 Å². The van der Waals surface area contributed by atoms with Gasteiger partial charge in [0.05, 0.1) is 0 Å². The van der Waals surface area contributed by atoms with Gasteiger partial charge in [-0.05, 0) is 0 Å². The summed E-state index contributed by atoms with van der Waals surface area (Å²) in [5.41, 5.74) is 0. The second-order valence-electron chi connectivity index (χ2n) is 0. The largest absolute Gasteiger partial charge is 2.00 e. The molecule has 0 aromatic rings. The maximum Gasteiger partial charge on any atom is 2.00 e. The minimum atomic E-state index is 0. The monoisotopic (exact) mass is 171 g/mol. The molecule has 0 aliphatic carbocycles. The zero-order valence-corrected chi connectivity index (χ0v) is 3.75. The van der Waals surface area contributed by atoms with Gasteiger partial charge in [-0.3, -0.25) is 0 Å². The molecule has 0 aromatic heterocycles. The number of rotatable bonds is 0. The van der Waals surface area contributed by atoms with Crippen molar-refractivity contribution < 1.29 is 22.4 Å². The van der Waals surface area contributed by atoms with Crippen LogP contribution in [0.2, 0.25) is 0 Å². The van der Waals surface area contributed by atoms with E-state index in [4.69, 9.17) is 10.4 Å². The standard InChI is InChI=1S/Ag.2H2NO/c;2*1-2/h;2*1H2/q+2;2*-1. The first-order valence-corrected chi connectivity index (χ1v) is 0.471. The van der Waals surface area contributed by atoms with E-state index in [1.165, 1.54) is 0 Å². The Morgan fingerprint density at radius 1 is 0.800 bits per heavy atom. The molecule has 0 rings (SSSR count). The Hall–Kier alpha value is 0.580. The van der Waals surface area contributed by atoms with Crippen molar-refractivity contribution in [1.82, 2.24) is 0 Å². The first-order valence-electron chi connectivity index (χ1n) is 0.471. The SMILES string of the molecule is N[O-].N[O-].[Ag+2]. The van der Waals surface area contributed by atoms with E-state index < -0.39 is 0 Å². The summed E-state index contributed by atoms with van der Waals surface area (Å²) < 4.78 is 0. The second kappa shape index (κ2) is 174. The molecule has 37 valence electrons. The molecule has 0 aromatic carbocycles. The van der Waals surface area contributed by atoms with Crippen LogP contribution in [0.5, 0.6) is 0 Å². The average Bonchev–Trinajstić information content (AvgIpc) is 1.50. The fraction of sp³-hybridized carbons (Fsp3) is 0. The van der Waals surface area contributed by atoms with Crippen LogP contribution in [0, 0.1) is 10.4 Å². The van der Waals surface area contributed by atoms with Gasteiger partial charge in [-0.25, -0.2) is 0 Å². The quantitative estimate of drug-likeness (QED) is 0.357. The molecule has 0 heterocycles.